The zero-order valence-corrected chi connectivity index (χ0v) is 11.9. The van der Waals surface area contributed by atoms with Crippen molar-refractivity contribution in [3.8, 4) is 0 Å². The average molecular weight is 330 g/mol. The molecule has 2 N–H and O–H groups in total. The van der Waals surface area contributed by atoms with E-state index in [2.05, 4.69) is 5.32 Å². The first-order valence-electron chi connectivity index (χ1n) is 4.71. The van der Waals surface area contributed by atoms with E-state index in [9.17, 15) is 9.59 Å². The van der Waals surface area contributed by atoms with Gasteiger partial charge in [-0.25, -0.2) is 4.79 Å². The topological polar surface area (TPSA) is 58.2 Å². The van der Waals surface area contributed by atoms with Gasteiger partial charge in [0.25, 0.3) is 0 Å². The second-order valence-corrected chi connectivity index (χ2v) is 4.81. The van der Waals surface area contributed by atoms with Crippen molar-refractivity contribution < 1.29 is 9.59 Å². The molecule has 0 fully saturated rings. The predicted molar refractivity (Wildman–Crippen MR) is 74.0 cm³/mol. The SMILES string of the molecule is O=C(NC(=O)C(Cl)CCl)Nc1c(Cl)cccc1Cl. The zero-order valence-electron chi connectivity index (χ0n) is 8.84. The summed E-state index contributed by atoms with van der Waals surface area (Å²) in [4.78, 5) is 22.8. The number of amides is 3. The Bertz CT molecular complexity index is 447. The summed E-state index contributed by atoms with van der Waals surface area (Å²) >= 11 is 22.6. The van der Waals surface area contributed by atoms with E-state index >= 15 is 0 Å². The molecule has 0 bridgehead atoms. The number of alkyl halides is 2. The molecule has 98 valence electrons. The van der Waals surface area contributed by atoms with Crippen molar-refractivity contribution in [3.05, 3.63) is 28.2 Å². The normalized spacial score (nSPS) is 11.8. The lowest BCUT2D eigenvalue weighted by Crippen LogP contribution is -2.39. The van der Waals surface area contributed by atoms with E-state index in [1.54, 1.807) is 18.2 Å². The number of hydrogen-bond acceptors (Lipinski definition) is 2. The lowest BCUT2D eigenvalue weighted by Gasteiger charge is -2.10. The van der Waals surface area contributed by atoms with Gasteiger partial charge in [0, 0.05) is 5.88 Å². The Kier molecular flexibility index (Phi) is 6.02. The van der Waals surface area contributed by atoms with E-state index in [4.69, 9.17) is 46.4 Å². The molecule has 4 nitrogen and oxygen atoms in total. The van der Waals surface area contributed by atoms with Crippen LogP contribution in [0.2, 0.25) is 10.0 Å². The number of imide groups is 1. The zero-order chi connectivity index (χ0) is 13.7. The molecule has 0 heterocycles. The molecule has 0 spiro atoms. The third-order valence-electron chi connectivity index (χ3n) is 1.86. The van der Waals surface area contributed by atoms with Crippen molar-refractivity contribution in [2.45, 2.75) is 5.38 Å². The van der Waals surface area contributed by atoms with Gasteiger partial charge in [-0.05, 0) is 12.1 Å². The summed E-state index contributed by atoms with van der Waals surface area (Å²) in [5.41, 5.74) is 0.211. The van der Waals surface area contributed by atoms with E-state index in [1.165, 1.54) is 0 Å². The van der Waals surface area contributed by atoms with Crippen molar-refractivity contribution in [2.75, 3.05) is 11.2 Å². The minimum absolute atomic E-state index is 0.104. The van der Waals surface area contributed by atoms with Gasteiger partial charge >= 0.3 is 6.03 Å². The fourth-order valence-electron chi connectivity index (χ4n) is 1.02. The van der Waals surface area contributed by atoms with E-state index in [-0.39, 0.29) is 21.6 Å². The first-order valence-corrected chi connectivity index (χ1v) is 6.44. The molecule has 0 aliphatic carbocycles. The highest BCUT2D eigenvalue weighted by Crippen LogP contribution is 2.29. The third-order valence-corrected chi connectivity index (χ3v) is 3.31. The molecule has 1 atom stereocenters. The van der Waals surface area contributed by atoms with Gasteiger partial charge in [-0.1, -0.05) is 29.3 Å². The third kappa shape index (κ3) is 4.21. The second kappa shape index (κ2) is 7.04. The number of hydrogen-bond donors (Lipinski definition) is 2. The highest BCUT2D eigenvalue weighted by Gasteiger charge is 2.17. The van der Waals surface area contributed by atoms with Crippen molar-refractivity contribution in [1.82, 2.24) is 5.32 Å². The van der Waals surface area contributed by atoms with Crippen molar-refractivity contribution in [2.24, 2.45) is 0 Å². The highest BCUT2D eigenvalue weighted by atomic mass is 35.5. The van der Waals surface area contributed by atoms with Crippen LogP contribution in [0.15, 0.2) is 18.2 Å². The van der Waals surface area contributed by atoms with Crippen molar-refractivity contribution in [1.29, 1.82) is 0 Å². The lowest BCUT2D eigenvalue weighted by atomic mass is 10.3. The van der Waals surface area contributed by atoms with Crippen LogP contribution in [0.4, 0.5) is 10.5 Å². The summed E-state index contributed by atoms with van der Waals surface area (Å²) in [5.74, 6) is -0.805. The number of urea groups is 1. The number of anilines is 1. The monoisotopic (exact) mass is 328 g/mol. The molecule has 0 aliphatic heterocycles. The molecule has 0 saturated carbocycles. The van der Waals surface area contributed by atoms with Gasteiger partial charge in [0.05, 0.1) is 15.7 Å². The predicted octanol–water partition coefficient (Wildman–Crippen LogP) is 3.49. The van der Waals surface area contributed by atoms with Gasteiger partial charge in [-0.3, -0.25) is 10.1 Å². The maximum atomic E-state index is 11.5. The smallest absolute Gasteiger partial charge is 0.305 e. The Morgan fingerprint density at radius 3 is 2.28 bits per heavy atom. The highest BCUT2D eigenvalue weighted by molar-refractivity contribution is 6.40. The van der Waals surface area contributed by atoms with E-state index in [1.807, 2.05) is 5.32 Å². The summed E-state index contributed by atoms with van der Waals surface area (Å²) in [7, 11) is 0. The van der Waals surface area contributed by atoms with E-state index in [0.29, 0.717) is 0 Å². The van der Waals surface area contributed by atoms with Crippen molar-refractivity contribution >= 4 is 64.0 Å². The van der Waals surface area contributed by atoms with Crippen LogP contribution in [0.5, 0.6) is 0 Å². The fourth-order valence-corrected chi connectivity index (χ4v) is 1.71. The molecule has 3 amide bonds. The molecule has 1 aromatic rings. The van der Waals surface area contributed by atoms with Gasteiger partial charge in [-0.2, -0.15) is 0 Å². The van der Waals surface area contributed by atoms with Gasteiger partial charge in [0.1, 0.15) is 5.38 Å². The minimum atomic E-state index is -0.987. The van der Waals surface area contributed by atoms with Crippen molar-refractivity contribution in [3.63, 3.8) is 0 Å². The molecule has 0 radical (unpaired) electrons. The maximum Gasteiger partial charge on any atom is 0.326 e. The number of nitrogens with one attached hydrogen (secondary N) is 2. The first kappa shape index (κ1) is 15.4. The van der Waals surface area contributed by atoms with E-state index < -0.39 is 17.3 Å². The van der Waals surface area contributed by atoms with Crippen LogP contribution in [0.1, 0.15) is 0 Å². The maximum absolute atomic E-state index is 11.5. The summed E-state index contributed by atoms with van der Waals surface area (Å²) in [6.45, 7) is 0. The van der Waals surface area contributed by atoms with Crippen LogP contribution in [0, 0.1) is 0 Å². The molecule has 1 rings (SSSR count). The molecule has 0 aromatic heterocycles. The molecule has 0 saturated heterocycles. The number of carbonyl (C=O) groups excluding carboxylic acids is 2. The van der Waals surface area contributed by atoms with Gasteiger partial charge < -0.3 is 5.32 Å². The standard InChI is InChI=1S/C10H8Cl4N2O2/c11-4-7(14)9(17)16-10(18)15-8-5(12)2-1-3-6(8)13/h1-3,7H,4H2,(H2,15,16,17,18). The quantitative estimate of drug-likeness (QED) is 0.834. The summed E-state index contributed by atoms with van der Waals surface area (Å²) in [6, 6.07) is 3.94. The van der Waals surface area contributed by atoms with Crippen LogP contribution in [0.3, 0.4) is 0 Å². The molecule has 1 aromatic carbocycles. The molecule has 8 heteroatoms. The van der Waals surface area contributed by atoms with Crippen LogP contribution in [-0.4, -0.2) is 23.2 Å². The Labute approximate surface area is 124 Å². The molecule has 1 unspecified atom stereocenters. The first-order chi connectivity index (χ1) is 8.45. The number of rotatable bonds is 3. The van der Waals surface area contributed by atoms with Crippen LogP contribution < -0.4 is 10.6 Å². The summed E-state index contributed by atoms with van der Waals surface area (Å²) in [6.07, 6.45) is 0. The molecular weight excluding hydrogens is 322 g/mol. The number of para-hydroxylation sites is 1. The molecule has 18 heavy (non-hydrogen) atoms. The van der Waals surface area contributed by atoms with Crippen LogP contribution in [0.25, 0.3) is 0 Å². The largest absolute Gasteiger partial charge is 0.326 e. The number of benzene rings is 1. The van der Waals surface area contributed by atoms with Gasteiger partial charge in [-0.15, -0.1) is 23.2 Å². The van der Waals surface area contributed by atoms with Gasteiger partial charge in [0.2, 0.25) is 5.91 Å². The lowest BCUT2D eigenvalue weighted by molar-refractivity contribution is -0.119. The van der Waals surface area contributed by atoms with Gasteiger partial charge in [0.15, 0.2) is 0 Å². The molecule has 0 aliphatic rings. The summed E-state index contributed by atoms with van der Waals surface area (Å²) in [5, 5.41) is 3.88. The fraction of sp³-hybridized carbons (Fsp3) is 0.200. The second-order valence-electron chi connectivity index (χ2n) is 3.16. The minimum Gasteiger partial charge on any atom is -0.305 e. The number of halogens is 4. The Balaban J connectivity index is 2.68. The Morgan fingerprint density at radius 1 is 1.22 bits per heavy atom. The van der Waals surface area contributed by atoms with E-state index in [0.717, 1.165) is 0 Å². The Hall–Kier alpha value is -0.680. The van der Waals surface area contributed by atoms with Crippen LogP contribution >= 0.6 is 46.4 Å². The van der Waals surface area contributed by atoms with Crippen LogP contribution in [-0.2, 0) is 4.79 Å². The molecular formula is C10H8Cl4N2O2. The summed E-state index contributed by atoms with van der Waals surface area (Å²) < 4.78 is 0. The Morgan fingerprint density at radius 2 is 1.78 bits per heavy atom. The average Bonchev–Trinajstić information content (AvgIpc) is 2.32. The number of carbonyl (C=O) groups is 2.